The lowest BCUT2D eigenvalue weighted by atomic mass is 10.1. The largest absolute Gasteiger partial charge is 0.394 e. The molecule has 0 saturated carbocycles. The first-order chi connectivity index (χ1) is 3.72. The molecular formula is C6H12O2. The van der Waals surface area contributed by atoms with Crippen LogP contribution in [0.3, 0.4) is 0 Å². The van der Waals surface area contributed by atoms with Crippen molar-refractivity contribution < 1.29 is 10.2 Å². The molecule has 0 spiro atoms. The van der Waals surface area contributed by atoms with Crippen molar-refractivity contribution in [2.45, 2.75) is 13.0 Å². The Morgan fingerprint density at radius 3 is 2.38 bits per heavy atom. The summed E-state index contributed by atoms with van der Waals surface area (Å²) in [4.78, 5) is 0. The van der Waals surface area contributed by atoms with Gasteiger partial charge in [0, 0.05) is 5.92 Å². The van der Waals surface area contributed by atoms with Crippen LogP contribution in [0.2, 0.25) is 0 Å². The summed E-state index contributed by atoms with van der Waals surface area (Å²) >= 11 is 0. The van der Waals surface area contributed by atoms with Crippen LogP contribution >= 0.6 is 0 Å². The minimum Gasteiger partial charge on any atom is -0.394 e. The molecule has 0 saturated heterocycles. The zero-order valence-corrected chi connectivity index (χ0v) is 5.04. The Morgan fingerprint density at radius 1 is 1.75 bits per heavy atom. The Labute approximate surface area is 49.5 Å². The zero-order valence-electron chi connectivity index (χ0n) is 5.04. The van der Waals surface area contributed by atoms with Crippen molar-refractivity contribution in [1.82, 2.24) is 0 Å². The summed E-state index contributed by atoms with van der Waals surface area (Å²) in [6, 6.07) is 0. The van der Waals surface area contributed by atoms with Crippen LogP contribution in [0.5, 0.6) is 0 Å². The van der Waals surface area contributed by atoms with Crippen molar-refractivity contribution in [2.24, 2.45) is 5.92 Å². The Hall–Kier alpha value is -0.340. The Morgan fingerprint density at radius 2 is 2.25 bits per heavy atom. The van der Waals surface area contributed by atoms with Gasteiger partial charge in [0.2, 0.25) is 0 Å². The first kappa shape index (κ1) is 7.66. The second kappa shape index (κ2) is 3.64. The molecule has 0 aliphatic rings. The quantitative estimate of drug-likeness (QED) is 0.516. The summed E-state index contributed by atoms with van der Waals surface area (Å²) in [7, 11) is 0. The predicted molar refractivity (Wildman–Crippen MR) is 32.5 cm³/mol. The molecule has 8 heavy (non-hydrogen) atoms. The summed E-state index contributed by atoms with van der Waals surface area (Å²) < 4.78 is 0. The maximum Gasteiger partial charge on any atom is 0.0830 e. The van der Waals surface area contributed by atoms with Crippen molar-refractivity contribution >= 4 is 0 Å². The van der Waals surface area contributed by atoms with E-state index in [-0.39, 0.29) is 12.5 Å². The Balaban J connectivity index is 3.44. The van der Waals surface area contributed by atoms with Crippen molar-refractivity contribution in [3.63, 3.8) is 0 Å². The van der Waals surface area contributed by atoms with Crippen LogP contribution in [-0.2, 0) is 0 Å². The lowest BCUT2D eigenvalue weighted by Crippen LogP contribution is -2.19. The molecule has 0 aromatic carbocycles. The van der Waals surface area contributed by atoms with Crippen LogP contribution in [0.15, 0.2) is 12.7 Å². The van der Waals surface area contributed by atoms with Gasteiger partial charge >= 0.3 is 0 Å². The minimum absolute atomic E-state index is 0.0139. The van der Waals surface area contributed by atoms with Gasteiger partial charge in [-0.05, 0) is 0 Å². The molecule has 0 aromatic rings. The monoisotopic (exact) mass is 116 g/mol. The normalized spacial score (nSPS) is 17.4. The average molecular weight is 116 g/mol. The minimum atomic E-state index is -0.646. The van der Waals surface area contributed by atoms with Gasteiger partial charge in [-0.15, -0.1) is 6.58 Å². The van der Waals surface area contributed by atoms with E-state index in [1.165, 1.54) is 0 Å². The number of hydrogen-bond acceptors (Lipinski definition) is 2. The lowest BCUT2D eigenvalue weighted by molar-refractivity contribution is 0.0686. The van der Waals surface area contributed by atoms with Crippen molar-refractivity contribution in [2.75, 3.05) is 6.61 Å². The van der Waals surface area contributed by atoms with E-state index in [0.29, 0.717) is 0 Å². The van der Waals surface area contributed by atoms with E-state index in [1.54, 1.807) is 13.0 Å². The van der Waals surface area contributed by atoms with Gasteiger partial charge in [0.1, 0.15) is 0 Å². The van der Waals surface area contributed by atoms with Gasteiger partial charge < -0.3 is 10.2 Å². The molecule has 0 bridgehead atoms. The van der Waals surface area contributed by atoms with Gasteiger partial charge in [-0.25, -0.2) is 0 Å². The summed E-state index contributed by atoms with van der Waals surface area (Å²) in [5.41, 5.74) is 0. The highest BCUT2D eigenvalue weighted by Crippen LogP contribution is 2.01. The highest BCUT2D eigenvalue weighted by molar-refractivity contribution is 4.80. The van der Waals surface area contributed by atoms with Gasteiger partial charge in [0.15, 0.2) is 0 Å². The number of rotatable bonds is 3. The molecule has 0 aliphatic heterocycles. The highest BCUT2D eigenvalue weighted by Gasteiger charge is 2.06. The fourth-order valence-corrected chi connectivity index (χ4v) is 0.323. The van der Waals surface area contributed by atoms with E-state index in [4.69, 9.17) is 10.2 Å². The average Bonchev–Trinajstić information content (AvgIpc) is 1.84. The summed E-state index contributed by atoms with van der Waals surface area (Å²) in [5, 5.41) is 17.1. The van der Waals surface area contributed by atoms with Crippen molar-refractivity contribution in [3.05, 3.63) is 12.7 Å². The molecule has 0 unspecified atom stereocenters. The fraction of sp³-hybridized carbons (Fsp3) is 0.667. The molecule has 48 valence electrons. The third kappa shape index (κ3) is 2.09. The van der Waals surface area contributed by atoms with E-state index in [1.807, 2.05) is 0 Å². The van der Waals surface area contributed by atoms with Crippen LogP contribution in [0.4, 0.5) is 0 Å². The molecule has 0 amide bonds. The van der Waals surface area contributed by atoms with Gasteiger partial charge in [0.05, 0.1) is 12.7 Å². The van der Waals surface area contributed by atoms with Crippen LogP contribution in [0.25, 0.3) is 0 Å². The number of aliphatic hydroxyl groups is 2. The molecule has 0 heterocycles. The molecule has 0 aliphatic carbocycles. The highest BCUT2D eigenvalue weighted by atomic mass is 16.3. The van der Waals surface area contributed by atoms with E-state index < -0.39 is 6.10 Å². The van der Waals surface area contributed by atoms with Crippen LogP contribution in [0.1, 0.15) is 6.92 Å². The van der Waals surface area contributed by atoms with E-state index >= 15 is 0 Å². The van der Waals surface area contributed by atoms with Crippen LogP contribution < -0.4 is 0 Å². The molecule has 2 nitrogen and oxygen atoms in total. The Bertz CT molecular complexity index is 70.9. The standard InChI is InChI=1S/C6H12O2/c1-3-5(2)6(8)4-7/h3,5-8H,1,4H2,2H3/t5-,6-/m0/s1. The molecule has 0 aromatic heterocycles. The summed E-state index contributed by atoms with van der Waals surface area (Å²) in [6.45, 7) is 5.07. The summed E-state index contributed by atoms with van der Waals surface area (Å²) in [6.07, 6.45) is 0.966. The maximum atomic E-state index is 8.81. The zero-order chi connectivity index (χ0) is 6.57. The van der Waals surface area contributed by atoms with Crippen LogP contribution in [-0.4, -0.2) is 22.9 Å². The maximum absolute atomic E-state index is 8.81. The third-order valence-corrected chi connectivity index (χ3v) is 1.17. The van der Waals surface area contributed by atoms with Crippen molar-refractivity contribution in [1.29, 1.82) is 0 Å². The molecule has 2 atom stereocenters. The Kier molecular flexibility index (Phi) is 3.48. The third-order valence-electron chi connectivity index (χ3n) is 1.17. The topological polar surface area (TPSA) is 40.5 Å². The first-order valence-corrected chi connectivity index (χ1v) is 2.63. The van der Waals surface area contributed by atoms with Gasteiger partial charge in [-0.1, -0.05) is 13.0 Å². The van der Waals surface area contributed by atoms with Crippen LogP contribution in [0, 0.1) is 5.92 Å². The smallest absolute Gasteiger partial charge is 0.0830 e. The lowest BCUT2D eigenvalue weighted by Gasteiger charge is -2.10. The molecule has 0 rings (SSSR count). The number of aliphatic hydroxyl groups excluding tert-OH is 2. The molecule has 0 fully saturated rings. The van der Waals surface area contributed by atoms with Gasteiger partial charge in [-0.3, -0.25) is 0 Å². The molecule has 0 radical (unpaired) electrons. The van der Waals surface area contributed by atoms with E-state index in [2.05, 4.69) is 6.58 Å². The van der Waals surface area contributed by atoms with E-state index in [9.17, 15) is 0 Å². The van der Waals surface area contributed by atoms with Gasteiger partial charge in [0.25, 0.3) is 0 Å². The number of hydrogen-bond donors (Lipinski definition) is 2. The predicted octanol–water partition coefficient (Wildman–Crippen LogP) is 0.162. The fourth-order valence-electron chi connectivity index (χ4n) is 0.323. The second-order valence-corrected chi connectivity index (χ2v) is 1.84. The second-order valence-electron chi connectivity index (χ2n) is 1.84. The van der Waals surface area contributed by atoms with Crippen molar-refractivity contribution in [3.8, 4) is 0 Å². The molecule has 2 heteroatoms. The molecular weight excluding hydrogens is 104 g/mol. The first-order valence-electron chi connectivity index (χ1n) is 2.63. The van der Waals surface area contributed by atoms with Gasteiger partial charge in [-0.2, -0.15) is 0 Å². The molecule has 2 N–H and O–H groups in total. The SMILES string of the molecule is C=C[C@H](C)[C@@H](O)CO. The summed E-state index contributed by atoms with van der Waals surface area (Å²) in [5.74, 6) is -0.0139. The van der Waals surface area contributed by atoms with E-state index in [0.717, 1.165) is 0 Å².